The number of carbonyl (C=O) groups is 2. The van der Waals surface area contributed by atoms with Crippen molar-refractivity contribution in [3.63, 3.8) is 0 Å². The van der Waals surface area contributed by atoms with Crippen LogP contribution in [0.5, 0.6) is 0 Å². The second-order valence-electron chi connectivity index (χ2n) is 4.64. The summed E-state index contributed by atoms with van der Waals surface area (Å²) < 4.78 is 14.9. The zero-order chi connectivity index (χ0) is 15.0. The molecular weight excluding hydrogens is 260 g/mol. The number of esters is 1. The van der Waals surface area contributed by atoms with Gasteiger partial charge in [0.1, 0.15) is 6.10 Å². The number of hydrogen-bond donors (Lipinski definition) is 0. The smallest absolute Gasteiger partial charge is 0.459 e. The van der Waals surface area contributed by atoms with Crippen LogP contribution in [0.1, 0.15) is 37.6 Å². The summed E-state index contributed by atoms with van der Waals surface area (Å²) in [6.07, 6.45) is -0.835. The Morgan fingerprint density at radius 3 is 2.30 bits per heavy atom. The number of hydrogen-bond acceptors (Lipinski definition) is 5. The summed E-state index contributed by atoms with van der Waals surface area (Å²) in [6, 6.07) is 8.74. The summed E-state index contributed by atoms with van der Waals surface area (Å²) in [7, 11) is 0. The molecule has 20 heavy (non-hydrogen) atoms. The lowest BCUT2D eigenvalue weighted by Crippen LogP contribution is -2.19. The van der Waals surface area contributed by atoms with Crippen molar-refractivity contribution in [1.82, 2.24) is 0 Å². The Bertz CT molecular complexity index is 427. The van der Waals surface area contributed by atoms with Crippen molar-refractivity contribution < 1.29 is 23.8 Å². The monoisotopic (exact) mass is 280 g/mol. The van der Waals surface area contributed by atoms with Crippen LogP contribution in [0.15, 0.2) is 30.3 Å². The van der Waals surface area contributed by atoms with E-state index in [1.54, 1.807) is 45.0 Å². The largest absolute Gasteiger partial charge is 0.508 e. The van der Waals surface area contributed by atoms with E-state index >= 15 is 0 Å². The summed E-state index contributed by atoms with van der Waals surface area (Å²) in [5, 5.41) is 0. The molecule has 0 aromatic heterocycles. The summed E-state index contributed by atoms with van der Waals surface area (Å²) in [5.74, 6) is -0.386. The molecule has 1 rings (SSSR count). The average Bonchev–Trinajstić information content (AvgIpc) is 2.38. The van der Waals surface area contributed by atoms with E-state index in [-0.39, 0.29) is 24.8 Å². The van der Waals surface area contributed by atoms with Gasteiger partial charge in [0, 0.05) is 6.42 Å². The first kappa shape index (κ1) is 16.0. The highest BCUT2D eigenvalue weighted by Gasteiger charge is 2.13. The van der Waals surface area contributed by atoms with Gasteiger partial charge in [-0.15, -0.1) is 0 Å². The molecule has 0 amide bonds. The summed E-state index contributed by atoms with van der Waals surface area (Å²) in [6.45, 7) is 5.38. The van der Waals surface area contributed by atoms with E-state index in [4.69, 9.17) is 14.2 Å². The maximum Gasteiger partial charge on any atom is 0.508 e. The molecular formula is C15H20O5. The van der Waals surface area contributed by atoms with Crippen LogP contribution in [0.4, 0.5) is 4.79 Å². The zero-order valence-electron chi connectivity index (χ0n) is 12.0. The lowest BCUT2D eigenvalue weighted by atomic mass is 10.2. The van der Waals surface area contributed by atoms with Gasteiger partial charge in [-0.2, -0.15) is 0 Å². The maximum atomic E-state index is 11.7. The Labute approximate surface area is 118 Å². The normalized spacial score (nSPS) is 11.8. The molecule has 1 aromatic carbocycles. The Kier molecular flexibility index (Phi) is 6.56. The Morgan fingerprint density at radius 1 is 1.05 bits per heavy atom. The van der Waals surface area contributed by atoms with Crippen LogP contribution >= 0.6 is 0 Å². The van der Waals surface area contributed by atoms with Crippen LogP contribution in [0.25, 0.3) is 0 Å². The fraction of sp³-hybridized carbons (Fsp3) is 0.467. The van der Waals surface area contributed by atoms with Crippen molar-refractivity contribution in [2.75, 3.05) is 6.61 Å². The molecule has 0 fully saturated rings. The molecule has 0 saturated carbocycles. The van der Waals surface area contributed by atoms with E-state index in [2.05, 4.69) is 0 Å². The van der Waals surface area contributed by atoms with E-state index in [0.717, 1.165) is 0 Å². The molecule has 0 aliphatic carbocycles. The number of ether oxygens (including phenoxy) is 3. The standard InChI is InChI=1S/C15H20O5/c1-11(2)19-15(17)18-10-9-12(3)20-14(16)13-7-5-4-6-8-13/h4-8,11-12H,9-10H2,1-3H3. The molecule has 0 aliphatic rings. The van der Waals surface area contributed by atoms with Gasteiger partial charge in [-0.05, 0) is 32.9 Å². The minimum Gasteiger partial charge on any atom is -0.459 e. The van der Waals surface area contributed by atoms with Crippen molar-refractivity contribution in [1.29, 1.82) is 0 Å². The van der Waals surface area contributed by atoms with Gasteiger partial charge in [0.15, 0.2) is 0 Å². The van der Waals surface area contributed by atoms with Crippen LogP contribution in [-0.2, 0) is 14.2 Å². The number of benzene rings is 1. The van der Waals surface area contributed by atoms with Crippen LogP contribution in [0.3, 0.4) is 0 Å². The lowest BCUT2D eigenvalue weighted by Gasteiger charge is -2.14. The molecule has 0 radical (unpaired) electrons. The van der Waals surface area contributed by atoms with E-state index in [0.29, 0.717) is 12.0 Å². The van der Waals surface area contributed by atoms with E-state index in [1.807, 2.05) is 6.07 Å². The predicted molar refractivity (Wildman–Crippen MR) is 73.5 cm³/mol. The van der Waals surface area contributed by atoms with Gasteiger partial charge in [-0.3, -0.25) is 0 Å². The minimum absolute atomic E-state index is 0.148. The molecule has 5 heteroatoms. The number of carbonyl (C=O) groups excluding carboxylic acids is 2. The highest BCUT2D eigenvalue weighted by Crippen LogP contribution is 2.06. The van der Waals surface area contributed by atoms with Crippen molar-refractivity contribution in [3.8, 4) is 0 Å². The topological polar surface area (TPSA) is 61.8 Å². The molecule has 0 bridgehead atoms. The van der Waals surface area contributed by atoms with Crippen molar-refractivity contribution in [3.05, 3.63) is 35.9 Å². The predicted octanol–water partition coefficient (Wildman–Crippen LogP) is 3.18. The lowest BCUT2D eigenvalue weighted by molar-refractivity contribution is 0.0141. The molecule has 0 aliphatic heterocycles. The SMILES string of the molecule is CC(C)OC(=O)OCCC(C)OC(=O)c1ccccc1. The van der Waals surface area contributed by atoms with Crippen LogP contribution in [0, 0.1) is 0 Å². The minimum atomic E-state index is -0.707. The second-order valence-corrected chi connectivity index (χ2v) is 4.64. The van der Waals surface area contributed by atoms with Crippen molar-refractivity contribution >= 4 is 12.1 Å². The third-order valence-electron chi connectivity index (χ3n) is 2.39. The zero-order valence-corrected chi connectivity index (χ0v) is 12.0. The summed E-state index contributed by atoms with van der Waals surface area (Å²) >= 11 is 0. The second kappa shape index (κ2) is 8.19. The van der Waals surface area contributed by atoms with Gasteiger partial charge in [-0.1, -0.05) is 18.2 Å². The molecule has 0 saturated heterocycles. The van der Waals surface area contributed by atoms with Crippen molar-refractivity contribution in [2.24, 2.45) is 0 Å². The third-order valence-corrected chi connectivity index (χ3v) is 2.39. The molecule has 5 nitrogen and oxygen atoms in total. The van der Waals surface area contributed by atoms with E-state index < -0.39 is 6.16 Å². The number of rotatable bonds is 6. The first-order valence-electron chi connectivity index (χ1n) is 6.58. The summed E-state index contributed by atoms with van der Waals surface area (Å²) in [4.78, 5) is 22.9. The van der Waals surface area contributed by atoms with Gasteiger partial charge in [0.2, 0.25) is 0 Å². The fourth-order valence-corrected chi connectivity index (χ4v) is 1.42. The molecule has 1 atom stereocenters. The van der Waals surface area contributed by atoms with Crippen molar-refractivity contribution in [2.45, 2.75) is 39.4 Å². The fourth-order valence-electron chi connectivity index (χ4n) is 1.42. The molecule has 110 valence electrons. The molecule has 0 heterocycles. The van der Waals surface area contributed by atoms with Crippen LogP contribution in [0.2, 0.25) is 0 Å². The first-order chi connectivity index (χ1) is 9.49. The molecule has 0 N–H and O–H groups in total. The van der Waals surface area contributed by atoms with E-state index in [1.165, 1.54) is 0 Å². The Hall–Kier alpha value is -2.04. The quantitative estimate of drug-likeness (QED) is 0.749. The Morgan fingerprint density at radius 2 is 1.70 bits per heavy atom. The molecule has 0 spiro atoms. The first-order valence-corrected chi connectivity index (χ1v) is 6.58. The van der Waals surface area contributed by atoms with Gasteiger partial charge < -0.3 is 14.2 Å². The third kappa shape index (κ3) is 6.22. The summed E-state index contributed by atoms with van der Waals surface area (Å²) in [5.41, 5.74) is 0.500. The maximum absolute atomic E-state index is 11.7. The van der Waals surface area contributed by atoms with E-state index in [9.17, 15) is 9.59 Å². The van der Waals surface area contributed by atoms with Gasteiger partial charge in [0.25, 0.3) is 0 Å². The average molecular weight is 280 g/mol. The van der Waals surface area contributed by atoms with Gasteiger partial charge in [0.05, 0.1) is 18.3 Å². The van der Waals surface area contributed by atoms with Gasteiger partial charge >= 0.3 is 12.1 Å². The van der Waals surface area contributed by atoms with Crippen LogP contribution < -0.4 is 0 Å². The molecule has 1 unspecified atom stereocenters. The molecule has 1 aromatic rings. The highest BCUT2D eigenvalue weighted by molar-refractivity contribution is 5.89. The van der Waals surface area contributed by atoms with Gasteiger partial charge in [-0.25, -0.2) is 9.59 Å². The highest BCUT2D eigenvalue weighted by atomic mass is 16.7. The van der Waals surface area contributed by atoms with Crippen LogP contribution in [-0.4, -0.2) is 30.9 Å². The Balaban J connectivity index is 2.25.